The van der Waals surface area contributed by atoms with Crippen molar-refractivity contribution in [1.29, 1.82) is 0 Å². The van der Waals surface area contributed by atoms with Gasteiger partial charge in [0.2, 0.25) is 0 Å². The molecule has 3 aromatic rings. The monoisotopic (exact) mass is 398 g/mol. The SMILES string of the molecule is CCCCn1/c(=N/C(=O)c2cc(C(F)(F)F)ccc2F)sc2nccnc21. The first-order valence-corrected chi connectivity index (χ1v) is 8.89. The van der Waals surface area contributed by atoms with Crippen molar-refractivity contribution in [2.75, 3.05) is 0 Å². The summed E-state index contributed by atoms with van der Waals surface area (Å²) in [6.45, 7) is 2.49. The van der Waals surface area contributed by atoms with E-state index in [1.807, 2.05) is 6.92 Å². The summed E-state index contributed by atoms with van der Waals surface area (Å²) in [4.78, 5) is 25.4. The van der Waals surface area contributed by atoms with Crippen molar-refractivity contribution < 1.29 is 22.4 Å². The van der Waals surface area contributed by atoms with Gasteiger partial charge in [-0.3, -0.25) is 9.36 Å². The third-order valence-corrected chi connectivity index (χ3v) is 4.75. The predicted octanol–water partition coefficient (Wildman–Crippen LogP) is 4.19. The highest BCUT2D eigenvalue weighted by atomic mass is 32.1. The molecule has 5 nitrogen and oxygen atoms in total. The lowest BCUT2D eigenvalue weighted by Gasteiger charge is -2.08. The molecule has 1 aromatic carbocycles. The van der Waals surface area contributed by atoms with Crippen LogP contribution in [0.5, 0.6) is 0 Å². The van der Waals surface area contributed by atoms with E-state index in [1.54, 1.807) is 4.57 Å². The molecule has 0 aliphatic carbocycles. The first kappa shape index (κ1) is 19.2. The fourth-order valence-electron chi connectivity index (χ4n) is 2.42. The van der Waals surface area contributed by atoms with Gasteiger partial charge in [0.15, 0.2) is 15.3 Å². The molecular weight excluding hydrogens is 384 g/mol. The van der Waals surface area contributed by atoms with Gasteiger partial charge in [0, 0.05) is 18.9 Å². The summed E-state index contributed by atoms with van der Waals surface area (Å²) >= 11 is 1.07. The molecule has 142 valence electrons. The van der Waals surface area contributed by atoms with Crippen molar-refractivity contribution in [3.05, 3.63) is 52.3 Å². The van der Waals surface area contributed by atoms with Crippen LogP contribution >= 0.6 is 11.3 Å². The highest BCUT2D eigenvalue weighted by Crippen LogP contribution is 2.30. The molecule has 10 heteroatoms. The van der Waals surface area contributed by atoms with Crippen LogP contribution < -0.4 is 4.80 Å². The molecule has 2 heterocycles. The van der Waals surface area contributed by atoms with Gasteiger partial charge in [-0.25, -0.2) is 14.4 Å². The molecule has 0 aliphatic rings. The summed E-state index contributed by atoms with van der Waals surface area (Å²) in [7, 11) is 0. The minimum atomic E-state index is -4.69. The Labute approximate surface area is 155 Å². The minimum Gasteiger partial charge on any atom is -0.300 e. The maximum Gasteiger partial charge on any atom is 0.416 e. The summed E-state index contributed by atoms with van der Waals surface area (Å²) in [5.74, 6) is -2.15. The number of hydrogen-bond donors (Lipinski definition) is 0. The maximum atomic E-state index is 13.9. The molecule has 1 amide bonds. The molecule has 2 aromatic heterocycles. The number of rotatable bonds is 4. The zero-order valence-corrected chi connectivity index (χ0v) is 14.9. The van der Waals surface area contributed by atoms with E-state index in [0.29, 0.717) is 35.2 Å². The molecule has 3 rings (SSSR count). The van der Waals surface area contributed by atoms with Gasteiger partial charge in [-0.1, -0.05) is 24.7 Å². The van der Waals surface area contributed by atoms with Gasteiger partial charge in [-0.05, 0) is 24.6 Å². The summed E-state index contributed by atoms with van der Waals surface area (Å²) in [6.07, 6.45) is -0.0478. The van der Waals surface area contributed by atoms with Crippen molar-refractivity contribution in [3.8, 4) is 0 Å². The largest absolute Gasteiger partial charge is 0.416 e. The number of aromatic nitrogens is 3. The number of alkyl halides is 3. The third-order valence-electron chi connectivity index (χ3n) is 3.78. The number of halogens is 4. The van der Waals surface area contributed by atoms with Crippen molar-refractivity contribution in [2.45, 2.75) is 32.5 Å². The topological polar surface area (TPSA) is 60.1 Å². The fourth-order valence-corrected chi connectivity index (χ4v) is 3.38. The molecule has 0 fully saturated rings. The zero-order chi connectivity index (χ0) is 19.6. The average Bonchev–Trinajstić information content (AvgIpc) is 2.96. The number of benzene rings is 1. The van der Waals surface area contributed by atoms with E-state index >= 15 is 0 Å². The highest BCUT2D eigenvalue weighted by molar-refractivity contribution is 7.15. The normalized spacial score (nSPS) is 12.7. The number of carbonyl (C=O) groups excluding carboxylic acids is 1. The number of nitrogens with zero attached hydrogens (tertiary/aromatic N) is 4. The molecule has 0 aliphatic heterocycles. The van der Waals surface area contributed by atoms with E-state index < -0.39 is 29.0 Å². The Hall–Kier alpha value is -2.62. The number of fused-ring (bicyclic) bond motifs is 1. The standard InChI is InChI=1S/C17H14F4N4OS/c1-2-3-8-25-13-15(23-7-6-22-13)27-16(25)24-14(26)11-9-10(17(19,20)21)4-5-12(11)18/h4-7,9H,2-3,8H2,1H3/b24-16-. The summed E-state index contributed by atoms with van der Waals surface area (Å²) < 4.78 is 54.2. The van der Waals surface area contributed by atoms with Gasteiger partial charge >= 0.3 is 6.18 Å². The third kappa shape index (κ3) is 4.05. The second-order valence-corrected chi connectivity index (χ2v) is 6.64. The van der Waals surface area contributed by atoms with Crippen molar-refractivity contribution >= 4 is 27.7 Å². The lowest BCUT2D eigenvalue weighted by atomic mass is 10.1. The second kappa shape index (κ2) is 7.55. The minimum absolute atomic E-state index is 0.214. The summed E-state index contributed by atoms with van der Waals surface area (Å²) in [6, 6.07) is 1.67. The molecule has 27 heavy (non-hydrogen) atoms. The van der Waals surface area contributed by atoms with Crippen LogP contribution in [0.25, 0.3) is 10.5 Å². The lowest BCUT2D eigenvalue weighted by molar-refractivity contribution is -0.137. The fraction of sp³-hybridized carbons (Fsp3) is 0.294. The van der Waals surface area contributed by atoms with E-state index in [1.165, 1.54) is 12.4 Å². The Morgan fingerprint density at radius 2 is 2.00 bits per heavy atom. The van der Waals surface area contributed by atoms with E-state index in [9.17, 15) is 22.4 Å². The lowest BCUT2D eigenvalue weighted by Crippen LogP contribution is -2.18. The van der Waals surface area contributed by atoms with Gasteiger partial charge in [-0.2, -0.15) is 18.2 Å². The van der Waals surface area contributed by atoms with Crippen LogP contribution in [-0.2, 0) is 12.7 Å². The van der Waals surface area contributed by atoms with Gasteiger partial charge in [-0.15, -0.1) is 0 Å². The van der Waals surface area contributed by atoms with E-state index in [2.05, 4.69) is 15.0 Å². The van der Waals surface area contributed by atoms with Crippen molar-refractivity contribution in [2.24, 2.45) is 4.99 Å². The first-order chi connectivity index (χ1) is 12.8. The molecule has 0 spiro atoms. The van der Waals surface area contributed by atoms with E-state index in [-0.39, 0.29) is 4.80 Å². The van der Waals surface area contributed by atoms with Crippen LogP contribution in [0.3, 0.4) is 0 Å². The average molecular weight is 398 g/mol. The Kier molecular flexibility index (Phi) is 5.36. The molecule has 0 saturated carbocycles. The van der Waals surface area contributed by atoms with Crippen LogP contribution in [0.1, 0.15) is 35.7 Å². The van der Waals surface area contributed by atoms with Gasteiger partial charge < -0.3 is 0 Å². The van der Waals surface area contributed by atoms with Crippen molar-refractivity contribution in [3.63, 3.8) is 0 Å². The van der Waals surface area contributed by atoms with E-state index in [4.69, 9.17) is 0 Å². The summed E-state index contributed by atoms with van der Waals surface area (Å²) in [5, 5.41) is 0. The van der Waals surface area contributed by atoms with Crippen molar-refractivity contribution in [1.82, 2.24) is 14.5 Å². The summed E-state index contributed by atoms with van der Waals surface area (Å²) in [5.41, 5.74) is -1.32. The van der Waals surface area contributed by atoms with E-state index in [0.717, 1.165) is 24.2 Å². The van der Waals surface area contributed by atoms with Crippen LogP contribution in [0.15, 0.2) is 35.6 Å². The number of aryl methyl sites for hydroxylation is 1. The van der Waals surface area contributed by atoms with Gasteiger partial charge in [0.25, 0.3) is 5.91 Å². The smallest absolute Gasteiger partial charge is 0.300 e. The number of hydrogen-bond acceptors (Lipinski definition) is 4. The number of carbonyl (C=O) groups is 1. The second-order valence-electron chi connectivity index (χ2n) is 5.68. The number of amides is 1. The number of thiazole rings is 1. The Morgan fingerprint density at radius 1 is 1.26 bits per heavy atom. The number of unbranched alkanes of at least 4 members (excludes halogenated alkanes) is 1. The molecule has 0 radical (unpaired) electrons. The Bertz CT molecular complexity index is 1060. The zero-order valence-electron chi connectivity index (χ0n) is 14.1. The first-order valence-electron chi connectivity index (χ1n) is 8.07. The van der Waals surface area contributed by atoms with Crippen LogP contribution in [0.2, 0.25) is 0 Å². The van der Waals surface area contributed by atoms with Crippen LogP contribution in [0.4, 0.5) is 17.6 Å². The predicted molar refractivity (Wildman–Crippen MR) is 91.6 cm³/mol. The molecule has 0 unspecified atom stereocenters. The van der Waals surface area contributed by atoms with Crippen LogP contribution in [-0.4, -0.2) is 20.4 Å². The highest BCUT2D eigenvalue weighted by Gasteiger charge is 2.32. The Morgan fingerprint density at radius 3 is 2.70 bits per heavy atom. The molecule has 0 bridgehead atoms. The Balaban J connectivity index is 2.10. The molecular formula is C17H14F4N4OS. The maximum absolute atomic E-state index is 13.9. The molecule has 0 N–H and O–H groups in total. The quantitative estimate of drug-likeness (QED) is 0.619. The molecule has 0 saturated heterocycles. The van der Waals surface area contributed by atoms with Gasteiger partial charge in [0.1, 0.15) is 5.82 Å². The van der Waals surface area contributed by atoms with Gasteiger partial charge in [0.05, 0.1) is 11.1 Å². The molecule has 0 atom stereocenters. The van der Waals surface area contributed by atoms with Crippen LogP contribution in [0, 0.1) is 5.82 Å².